The molecule has 0 saturated carbocycles. The topological polar surface area (TPSA) is 0 Å². The van der Waals surface area contributed by atoms with Gasteiger partial charge in [0.05, 0.1) is 0 Å². The molecule has 0 aliphatic carbocycles. The van der Waals surface area contributed by atoms with Crippen molar-refractivity contribution in [2.75, 3.05) is 0 Å². The Kier molecular flexibility index (Phi) is 388. The summed E-state index contributed by atoms with van der Waals surface area (Å²) in [5.41, 5.74) is 0. The fraction of sp³-hybridized carbons (Fsp3) is 0.600. The van der Waals surface area contributed by atoms with Gasteiger partial charge in [-0.3, -0.25) is 0 Å². The van der Waals surface area contributed by atoms with Gasteiger partial charge in [0.1, 0.15) is 0 Å². The van der Waals surface area contributed by atoms with Crippen molar-refractivity contribution in [1.82, 2.24) is 0 Å². The smallest absolute Gasteiger partial charge is 1.00 e. The van der Waals surface area contributed by atoms with Gasteiger partial charge in [-0.1, -0.05) is 0 Å². The molecule has 9 heavy (non-hydrogen) atoms. The van der Waals surface area contributed by atoms with Crippen molar-refractivity contribution < 1.29 is 29.4 Å². The Morgan fingerprint density at radius 1 is 1.00 bits per heavy atom. The van der Waals surface area contributed by atoms with E-state index in [-0.39, 0.29) is 75.5 Å². The maximum Gasteiger partial charge on any atom is 2.00 e. The minimum absolute atomic E-state index is 0. The third kappa shape index (κ3) is 134. The number of hydrogen-bond acceptors (Lipinski definition) is 0. The first-order valence-corrected chi connectivity index (χ1v) is 1.86. The molecule has 0 N–H and O–H groups in total. The van der Waals surface area contributed by atoms with Crippen LogP contribution in [0.2, 0.25) is 0 Å². The fourth-order valence-corrected chi connectivity index (χ4v) is 0. The minimum Gasteiger partial charge on any atom is -1.00 e. The van der Waals surface area contributed by atoms with Crippen molar-refractivity contribution in [3.05, 3.63) is 13.3 Å². The number of rotatable bonds is 0. The molecule has 50 valence electrons. The first-order chi connectivity index (χ1) is 2.41. The van der Waals surface area contributed by atoms with Crippen LogP contribution in [-0.2, 0) is 0 Å². The molecule has 0 heterocycles. The van der Waals surface area contributed by atoms with Crippen LogP contribution in [0.3, 0.4) is 0 Å². The monoisotopic (exact) mass is 234 g/mol. The van der Waals surface area contributed by atoms with Gasteiger partial charge in [0.25, 0.3) is 0 Å². The second-order valence-electron chi connectivity index (χ2n) is 0.577. The Morgan fingerprint density at radius 2 is 1.00 bits per heavy atom. The number of halogens is 2. The van der Waals surface area contributed by atoms with Crippen molar-refractivity contribution in [1.29, 1.82) is 0 Å². The molecule has 0 saturated heterocycles. The van der Waals surface area contributed by atoms with E-state index >= 15 is 0 Å². The van der Waals surface area contributed by atoms with Gasteiger partial charge in [0.2, 0.25) is 0 Å². The van der Waals surface area contributed by atoms with E-state index in [0.29, 0.717) is 0 Å². The van der Waals surface area contributed by atoms with Crippen LogP contribution in [-0.4, -0.2) is 46.1 Å². The molecule has 0 nitrogen and oxygen atoms in total. The SMILES string of the molecule is C[CH-]C.[Br-].[CH2-]C.[Cl-].[Mg+2].[Mg+2]. The van der Waals surface area contributed by atoms with Gasteiger partial charge in [0, 0.05) is 0 Å². The predicted molar refractivity (Wildman–Crippen MR) is 38.2 cm³/mol. The summed E-state index contributed by atoms with van der Waals surface area (Å²) in [6.45, 7) is 9.00. The normalized spacial score (nSPS) is 2.67. The third-order valence-electron chi connectivity index (χ3n) is 0. The third-order valence-corrected chi connectivity index (χ3v) is 0. The average molecular weight is 236 g/mol. The summed E-state index contributed by atoms with van der Waals surface area (Å²) in [7, 11) is 0. The summed E-state index contributed by atoms with van der Waals surface area (Å²) in [6, 6.07) is 0. The van der Waals surface area contributed by atoms with Crippen LogP contribution < -0.4 is 29.4 Å². The van der Waals surface area contributed by atoms with Crippen molar-refractivity contribution in [3.8, 4) is 0 Å². The van der Waals surface area contributed by atoms with Crippen LogP contribution in [0.25, 0.3) is 0 Å². The van der Waals surface area contributed by atoms with Gasteiger partial charge in [-0.25, -0.2) is 0 Å². The maximum atomic E-state index is 3.25. The van der Waals surface area contributed by atoms with Crippen LogP contribution in [0.1, 0.15) is 20.8 Å². The molecule has 0 amide bonds. The molecule has 0 spiro atoms. The van der Waals surface area contributed by atoms with E-state index in [9.17, 15) is 0 Å². The van der Waals surface area contributed by atoms with Crippen molar-refractivity contribution in [2.24, 2.45) is 0 Å². The van der Waals surface area contributed by atoms with Gasteiger partial charge in [-0.2, -0.15) is 20.8 Å². The Labute approximate surface area is 108 Å². The van der Waals surface area contributed by atoms with Crippen molar-refractivity contribution in [2.45, 2.75) is 20.8 Å². The van der Waals surface area contributed by atoms with Crippen LogP contribution >= 0.6 is 0 Å². The molecule has 0 aliphatic rings. The van der Waals surface area contributed by atoms with Gasteiger partial charge in [0.15, 0.2) is 0 Å². The first kappa shape index (κ1) is 42.7. The summed E-state index contributed by atoms with van der Waals surface area (Å²) >= 11 is 0. The zero-order valence-corrected chi connectivity index (χ0v) is 11.6. The van der Waals surface area contributed by atoms with E-state index in [0.717, 1.165) is 0 Å². The summed E-state index contributed by atoms with van der Waals surface area (Å²) in [4.78, 5) is 0. The predicted octanol–water partition coefficient (Wildman–Crippen LogP) is -4.68. The molecular weight excluding hydrogens is 224 g/mol. The van der Waals surface area contributed by atoms with Crippen LogP contribution in [0.4, 0.5) is 0 Å². The van der Waals surface area contributed by atoms with E-state index < -0.39 is 0 Å². The molecule has 0 aromatic carbocycles. The summed E-state index contributed by atoms with van der Waals surface area (Å²) in [6.07, 6.45) is 2.00. The van der Waals surface area contributed by atoms with Crippen LogP contribution in [0, 0.1) is 13.3 Å². The van der Waals surface area contributed by atoms with Gasteiger partial charge in [-0.05, 0) is 0 Å². The van der Waals surface area contributed by atoms with Gasteiger partial charge < -0.3 is 42.7 Å². The van der Waals surface area contributed by atoms with Crippen molar-refractivity contribution >= 4 is 46.1 Å². The Morgan fingerprint density at radius 3 is 1.00 bits per heavy atom. The maximum absolute atomic E-state index is 3.25. The largest absolute Gasteiger partial charge is 2.00 e. The fourth-order valence-electron chi connectivity index (χ4n) is 0. The zero-order valence-electron chi connectivity index (χ0n) is 6.45. The summed E-state index contributed by atoms with van der Waals surface area (Å²) in [5.74, 6) is 0. The molecular formula is C5H12BrClMg2. The molecule has 4 heteroatoms. The quantitative estimate of drug-likeness (QED) is 0.293. The molecule has 0 rings (SSSR count). The minimum atomic E-state index is 0. The van der Waals surface area contributed by atoms with Gasteiger partial charge in [-0.15, -0.1) is 0 Å². The van der Waals surface area contributed by atoms with Crippen LogP contribution in [0.15, 0.2) is 0 Å². The van der Waals surface area contributed by atoms with Crippen molar-refractivity contribution in [3.63, 3.8) is 0 Å². The Hall–Kier alpha value is 2.30. The molecule has 0 bridgehead atoms. The second kappa shape index (κ2) is 81.7. The average Bonchev–Trinajstić information content (AvgIpc) is 1.46. The molecule has 0 radical (unpaired) electrons. The Balaban J connectivity index is -0.00000000357. The van der Waals surface area contributed by atoms with E-state index in [1.807, 2.05) is 20.3 Å². The van der Waals surface area contributed by atoms with Crippen LogP contribution in [0.5, 0.6) is 0 Å². The van der Waals surface area contributed by atoms with Gasteiger partial charge >= 0.3 is 46.1 Å². The van der Waals surface area contributed by atoms with E-state index in [2.05, 4.69) is 6.92 Å². The van der Waals surface area contributed by atoms with E-state index in [1.54, 1.807) is 6.92 Å². The standard InChI is InChI=1S/C3H7.C2H5.BrH.ClH.2Mg/c1-3-2;1-2;;;;/h3H,1-2H3;1H2,2H3;2*1H;;/q2*-1;;;2*+2/p-2. The van der Waals surface area contributed by atoms with E-state index in [1.165, 1.54) is 0 Å². The molecule has 0 aromatic heterocycles. The second-order valence-corrected chi connectivity index (χ2v) is 0.577. The molecule has 0 unspecified atom stereocenters. The first-order valence-electron chi connectivity index (χ1n) is 1.86. The zero-order chi connectivity index (χ0) is 4.71. The number of hydrogen-bond donors (Lipinski definition) is 0. The molecule has 0 aliphatic heterocycles. The Bertz CT molecular complexity index is 14.9. The molecule has 0 fully saturated rings. The summed E-state index contributed by atoms with van der Waals surface area (Å²) < 4.78 is 0. The molecule has 0 atom stereocenters. The summed E-state index contributed by atoms with van der Waals surface area (Å²) in [5, 5.41) is 0. The van der Waals surface area contributed by atoms with E-state index in [4.69, 9.17) is 0 Å². The molecule has 0 aromatic rings.